The van der Waals surface area contributed by atoms with E-state index in [1.165, 1.54) is 14.2 Å². The summed E-state index contributed by atoms with van der Waals surface area (Å²) in [6.45, 7) is 1.69. The highest BCUT2D eigenvalue weighted by Gasteiger charge is 2.19. The zero-order valence-electron chi connectivity index (χ0n) is 19.8. The molecule has 0 aliphatic rings. The van der Waals surface area contributed by atoms with Crippen LogP contribution in [0.25, 0.3) is 11.1 Å². The molecule has 3 aromatic carbocycles. The second kappa shape index (κ2) is 15.3. The van der Waals surface area contributed by atoms with Crippen LogP contribution in [0.1, 0.15) is 32.4 Å². The molecule has 0 bridgehead atoms. The normalized spacial score (nSPS) is 10.9. The summed E-state index contributed by atoms with van der Waals surface area (Å²) in [6.07, 6.45) is -0.640. The number of ether oxygens (including phenoxy) is 2. The van der Waals surface area contributed by atoms with Gasteiger partial charge in [-0.2, -0.15) is 0 Å². The monoisotopic (exact) mass is 554 g/mol. The third kappa shape index (κ3) is 8.40. The molecule has 0 saturated heterocycles. The predicted molar refractivity (Wildman–Crippen MR) is 147 cm³/mol. The third-order valence-corrected chi connectivity index (χ3v) is 5.46. The number of aliphatic hydroxyl groups excluding tert-OH is 1. The van der Waals surface area contributed by atoms with E-state index in [-0.39, 0.29) is 35.9 Å². The van der Waals surface area contributed by atoms with E-state index in [1.807, 2.05) is 36.4 Å². The van der Waals surface area contributed by atoms with Gasteiger partial charge < -0.3 is 25.2 Å². The molecule has 10 heteroatoms. The highest BCUT2D eigenvalue weighted by atomic mass is 35.5. The fraction of sp³-hybridized carbons (Fsp3) is 0.231. The Morgan fingerprint density at radius 1 is 0.861 bits per heavy atom. The molecular weight excluding hydrogens is 527 g/mol. The Morgan fingerprint density at radius 3 is 2.22 bits per heavy atom. The van der Waals surface area contributed by atoms with E-state index in [2.05, 4.69) is 10.6 Å². The van der Waals surface area contributed by atoms with Crippen molar-refractivity contribution in [2.24, 2.45) is 0 Å². The summed E-state index contributed by atoms with van der Waals surface area (Å²) in [5, 5.41) is 17.4. The molecule has 1 atom stereocenters. The second-order valence-corrected chi connectivity index (χ2v) is 7.96. The summed E-state index contributed by atoms with van der Waals surface area (Å²) in [5.41, 5.74) is 3.60. The van der Waals surface area contributed by atoms with Crippen molar-refractivity contribution in [2.45, 2.75) is 6.10 Å². The Hall–Kier alpha value is -2.81. The van der Waals surface area contributed by atoms with Gasteiger partial charge in [0.25, 0.3) is 0 Å². The molecule has 7 nitrogen and oxygen atoms in total. The molecule has 3 rings (SSSR count). The Labute approximate surface area is 228 Å². The zero-order valence-corrected chi connectivity index (χ0v) is 22.2. The van der Waals surface area contributed by atoms with Crippen LogP contribution in [-0.4, -0.2) is 50.9 Å². The molecule has 3 N–H and O–H groups in total. The van der Waals surface area contributed by atoms with Crippen molar-refractivity contribution in [1.82, 2.24) is 5.32 Å². The Kier molecular flexibility index (Phi) is 13.3. The van der Waals surface area contributed by atoms with Crippen LogP contribution in [0.2, 0.25) is 5.02 Å². The van der Waals surface area contributed by atoms with E-state index in [0.717, 1.165) is 22.4 Å². The maximum Gasteiger partial charge on any atom is 0.338 e. The molecule has 0 aromatic heterocycles. The first-order valence-corrected chi connectivity index (χ1v) is 11.1. The van der Waals surface area contributed by atoms with Gasteiger partial charge in [0.1, 0.15) is 0 Å². The molecular formula is C26H29Cl3N2O5. The van der Waals surface area contributed by atoms with Gasteiger partial charge in [-0.1, -0.05) is 41.9 Å². The van der Waals surface area contributed by atoms with Crippen LogP contribution in [0.3, 0.4) is 0 Å². The van der Waals surface area contributed by atoms with Crippen molar-refractivity contribution in [2.75, 3.05) is 39.2 Å². The summed E-state index contributed by atoms with van der Waals surface area (Å²) in [4.78, 5) is 24.2. The SMILES string of the molecule is COC(=O)c1ccc(-c2cccc(NCCNC[C@H](O)c3cccc(Cl)c3)c2)cc1C(=O)OC.Cl.Cl. The number of carbonyl (C=O) groups excluding carboxylic acids is 2. The Morgan fingerprint density at radius 2 is 1.53 bits per heavy atom. The van der Waals surface area contributed by atoms with Gasteiger partial charge in [-0.15, -0.1) is 24.8 Å². The van der Waals surface area contributed by atoms with Crippen molar-refractivity contribution in [1.29, 1.82) is 0 Å². The minimum absolute atomic E-state index is 0. The van der Waals surface area contributed by atoms with Gasteiger partial charge in [-0.25, -0.2) is 9.59 Å². The lowest BCUT2D eigenvalue weighted by Crippen LogP contribution is -2.26. The molecule has 0 amide bonds. The molecule has 0 aliphatic heterocycles. The van der Waals surface area contributed by atoms with E-state index in [0.29, 0.717) is 24.7 Å². The number of rotatable bonds is 10. The molecule has 0 heterocycles. The quantitative estimate of drug-likeness (QED) is 0.235. The van der Waals surface area contributed by atoms with Gasteiger partial charge in [0.2, 0.25) is 0 Å². The van der Waals surface area contributed by atoms with Crippen LogP contribution in [-0.2, 0) is 9.47 Å². The number of nitrogens with one attached hydrogen (secondary N) is 2. The van der Waals surface area contributed by atoms with Crippen LogP contribution in [0.4, 0.5) is 5.69 Å². The highest BCUT2D eigenvalue weighted by molar-refractivity contribution is 6.30. The number of hydrogen-bond donors (Lipinski definition) is 3. The Bertz CT molecular complexity index is 1160. The number of esters is 2. The third-order valence-electron chi connectivity index (χ3n) is 5.23. The van der Waals surface area contributed by atoms with Crippen LogP contribution in [0.5, 0.6) is 0 Å². The van der Waals surface area contributed by atoms with Gasteiger partial charge in [0, 0.05) is 30.3 Å². The first-order valence-electron chi connectivity index (χ1n) is 10.7. The minimum atomic E-state index is -0.640. The van der Waals surface area contributed by atoms with Crippen LogP contribution in [0, 0.1) is 0 Å². The molecule has 0 aliphatic carbocycles. The van der Waals surface area contributed by atoms with Gasteiger partial charge >= 0.3 is 11.9 Å². The van der Waals surface area contributed by atoms with Crippen molar-refractivity contribution in [3.63, 3.8) is 0 Å². The maximum atomic E-state index is 12.2. The lowest BCUT2D eigenvalue weighted by atomic mass is 9.98. The van der Waals surface area contributed by atoms with E-state index in [4.69, 9.17) is 21.1 Å². The van der Waals surface area contributed by atoms with E-state index in [1.54, 1.807) is 30.3 Å². The smallest absolute Gasteiger partial charge is 0.338 e. The van der Waals surface area contributed by atoms with Gasteiger partial charge in [0.05, 0.1) is 31.5 Å². The summed E-state index contributed by atoms with van der Waals surface area (Å²) in [7, 11) is 2.53. The van der Waals surface area contributed by atoms with E-state index >= 15 is 0 Å². The molecule has 0 radical (unpaired) electrons. The maximum absolute atomic E-state index is 12.2. The van der Waals surface area contributed by atoms with Crippen molar-refractivity contribution < 1.29 is 24.2 Å². The largest absolute Gasteiger partial charge is 0.465 e. The topological polar surface area (TPSA) is 96.9 Å². The summed E-state index contributed by atoms with van der Waals surface area (Å²) < 4.78 is 9.58. The minimum Gasteiger partial charge on any atom is -0.465 e. The molecule has 194 valence electrons. The summed E-state index contributed by atoms with van der Waals surface area (Å²) >= 11 is 5.97. The van der Waals surface area contributed by atoms with Crippen LogP contribution in [0.15, 0.2) is 66.7 Å². The number of anilines is 1. The number of methoxy groups -OCH3 is 2. The fourth-order valence-corrected chi connectivity index (χ4v) is 3.66. The average molecular weight is 556 g/mol. The first-order chi connectivity index (χ1) is 16.4. The van der Waals surface area contributed by atoms with Crippen LogP contribution >= 0.6 is 36.4 Å². The zero-order chi connectivity index (χ0) is 24.5. The lowest BCUT2D eigenvalue weighted by Gasteiger charge is -2.14. The summed E-state index contributed by atoms with van der Waals surface area (Å²) in [6, 6.07) is 19.8. The number of hydrogen-bond acceptors (Lipinski definition) is 7. The first kappa shape index (κ1) is 31.2. The average Bonchev–Trinajstić information content (AvgIpc) is 2.87. The molecule has 0 spiro atoms. The number of benzene rings is 3. The predicted octanol–water partition coefficient (Wildman–Crippen LogP) is 5.16. The van der Waals surface area contributed by atoms with E-state index in [9.17, 15) is 14.7 Å². The van der Waals surface area contributed by atoms with Gasteiger partial charge in [-0.05, 0) is 53.1 Å². The van der Waals surface area contributed by atoms with E-state index < -0.39 is 18.0 Å². The Balaban J connectivity index is 0.00000324. The molecule has 3 aromatic rings. The van der Waals surface area contributed by atoms with Gasteiger partial charge in [0.15, 0.2) is 0 Å². The summed E-state index contributed by atoms with van der Waals surface area (Å²) in [5.74, 6) is -1.21. The van der Waals surface area contributed by atoms with Crippen LogP contribution < -0.4 is 10.6 Å². The number of carbonyl (C=O) groups is 2. The fourth-order valence-electron chi connectivity index (χ4n) is 3.47. The molecule has 0 saturated carbocycles. The lowest BCUT2D eigenvalue weighted by molar-refractivity contribution is 0.0555. The highest BCUT2D eigenvalue weighted by Crippen LogP contribution is 2.26. The van der Waals surface area contributed by atoms with Crippen molar-refractivity contribution in [3.8, 4) is 11.1 Å². The van der Waals surface area contributed by atoms with Crippen molar-refractivity contribution >= 4 is 54.0 Å². The molecule has 36 heavy (non-hydrogen) atoms. The standard InChI is InChI=1S/C26H27ClN2O5.2ClH/c1-33-25(31)22-10-9-18(15-23(22)26(32)34-2)17-5-4-8-21(14-17)29-12-11-28-16-24(30)19-6-3-7-20(27)13-19;;/h3-10,13-15,24,28-30H,11-12,16H2,1-2H3;2*1H/t24-;;/m0../s1. The molecule has 0 unspecified atom stereocenters. The van der Waals surface area contributed by atoms with Gasteiger partial charge in [-0.3, -0.25) is 0 Å². The number of halogens is 3. The number of aliphatic hydroxyl groups is 1. The second-order valence-electron chi connectivity index (χ2n) is 7.53. The molecule has 0 fully saturated rings. The van der Waals surface area contributed by atoms with Crippen molar-refractivity contribution in [3.05, 3.63) is 88.4 Å².